The summed E-state index contributed by atoms with van der Waals surface area (Å²) in [5.41, 5.74) is 1.10. The molecule has 0 fully saturated rings. The van der Waals surface area contributed by atoms with Crippen molar-refractivity contribution in [2.24, 2.45) is 0 Å². The Balaban J connectivity index is 2.43. The van der Waals surface area contributed by atoms with Crippen LogP contribution >= 0.6 is 0 Å². The van der Waals surface area contributed by atoms with Gasteiger partial charge in [-0.1, -0.05) is 30.3 Å². The molecule has 0 radical (unpaired) electrons. The molecule has 0 aromatic heterocycles. The highest BCUT2D eigenvalue weighted by Gasteiger charge is 2.09. The Morgan fingerprint density at radius 3 is 2.40 bits per heavy atom. The molecule has 0 unspecified atom stereocenters. The first-order valence-electron chi connectivity index (χ1n) is 4.86. The lowest BCUT2D eigenvalue weighted by molar-refractivity contribution is 0.132. The van der Waals surface area contributed by atoms with Gasteiger partial charge in [0.05, 0.1) is 6.61 Å². The van der Waals surface area contributed by atoms with Gasteiger partial charge in [0.25, 0.3) is 0 Å². The van der Waals surface area contributed by atoms with E-state index in [4.69, 9.17) is 10.2 Å². The van der Waals surface area contributed by atoms with Crippen molar-refractivity contribution >= 4 is 6.09 Å². The van der Waals surface area contributed by atoms with Gasteiger partial charge < -0.3 is 15.1 Å². The average molecular weight is 209 g/mol. The molecule has 1 aromatic carbocycles. The van der Waals surface area contributed by atoms with Gasteiger partial charge in [-0.2, -0.15) is 0 Å². The molecule has 0 heterocycles. The normalized spacial score (nSPS) is 9.93. The van der Waals surface area contributed by atoms with E-state index in [1.165, 1.54) is 4.90 Å². The first-order valence-corrected chi connectivity index (χ1v) is 4.86. The molecule has 4 heteroatoms. The lowest BCUT2D eigenvalue weighted by atomic mass is 10.1. The van der Waals surface area contributed by atoms with Crippen LogP contribution in [0.2, 0.25) is 0 Å². The van der Waals surface area contributed by atoms with Crippen LogP contribution in [0, 0.1) is 0 Å². The molecule has 4 nitrogen and oxygen atoms in total. The van der Waals surface area contributed by atoms with Crippen molar-refractivity contribution in [2.45, 2.75) is 6.42 Å². The third-order valence-corrected chi connectivity index (χ3v) is 2.15. The summed E-state index contributed by atoms with van der Waals surface area (Å²) in [5, 5.41) is 17.5. The fourth-order valence-electron chi connectivity index (χ4n) is 1.33. The molecule has 15 heavy (non-hydrogen) atoms. The van der Waals surface area contributed by atoms with E-state index in [-0.39, 0.29) is 13.2 Å². The van der Waals surface area contributed by atoms with Crippen molar-refractivity contribution in [3.05, 3.63) is 35.9 Å². The van der Waals surface area contributed by atoms with Gasteiger partial charge in [0.2, 0.25) is 0 Å². The number of rotatable bonds is 5. The molecule has 0 aliphatic heterocycles. The Morgan fingerprint density at radius 1 is 1.20 bits per heavy atom. The van der Waals surface area contributed by atoms with Crippen LogP contribution in [0.25, 0.3) is 0 Å². The third kappa shape index (κ3) is 3.99. The van der Waals surface area contributed by atoms with Gasteiger partial charge in [-0.05, 0) is 12.0 Å². The molecular weight excluding hydrogens is 194 g/mol. The number of aliphatic hydroxyl groups excluding tert-OH is 1. The van der Waals surface area contributed by atoms with Gasteiger partial charge in [-0.3, -0.25) is 0 Å². The predicted octanol–water partition coefficient (Wildman–Crippen LogP) is 1.20. The van der Waals surface area contributed by atoms with Crippen LogP contribution in [0.15, 0.2) is 30.3 Å². The lowest BCUT2D eigenvalue weighted by Gasteiger charge is -2.17. The largest absolute Gasteiger partial charge is 0.465 e. The van der Waals surface area contributed by atoms with Crippen LogP contribution in [0.5, 0.6) is 0 Å². The summed E-state index contributed by atoms with van der Waals surface area (Å²) in [6.45, 7) is 0.448. The second-order valence-corrected chi connectivity index (χ2v) is 3.23. The highest BCUT2D eigenvalue weighted by Crippen LogP contribution is 2.01. The number of aliphatic hydroxyl groups is 1. The molecule has 1 aromatic rings. The monoisotopic (exact) mass is 209 g/mol. The molecule has 1 amide bonds. The van der Waals surface area contributed by atoms with Gasteiger partial charge in [0.15, 0.2) is 0 Å². The molecule has 0 aliphatic carbocycles. The molecular formula is C11H15NO3. The maximum atomic E-state index is 10.7. The number of carbonyl (C=O) groups is 1. The summed E-state index contributed by atoms with van der Waals surface area (Å²) < 4.78 is 0. The molecule has 2 N–H and O–H groups in total. The molecule has 0 spiro atoms. The van der Waals surface area contributed by atoms with Gasteiger partial charge in [0, 0.05) is 13.1 Å². The van der Waals surface area contributed by atoms with Gasteiger partial charge in [-0.25, -0.2) is 4.79 Å². The fraction of sp³-hybridized carbons (Fsp3) is 0.364. The van der Waals surface area contributed by atoms with Gasteiger partial charge in [0.1, 0.15) is 0 Å². The number of hydrogen-bond acceptors (Lipinski definition) is 2. The number of benzene rings is 1. The van der Waals surface area contributed by atoms with E-state index in [0.717, 1.165) is 5.56 Å². The van der Waals surface area contributed by atoms with Gasteiger partial charge >= 0.3 is 6.09 Å². The zero-order valence-electron chi connectivity index (χ0n) is 8.47. The predicted molar refractivity (Wildman–Crippen MR) is 56.8 cm³/mol. The highest BCUT2D eigenvalue weighted by molar-refractivity contribution is 5.64. The van der Waals surface area contributed by atoms with E-state index in [1.807, 2.05) is 30.3 Å². The zero-order valence-corrected chi connectivity index (χ0v) is 8.47. The summed E-state index contributed by atoms with van der Waals surface area (Å²) in [5.74, 6) is 0. The van der Waals surface area contributed by atoms with Crippen LogP contribution in [-0.2, 0) is 6.42 Å². The van der Waals surface area contributed by atoms with Crippen molar-refractivity contribution in [3.63, 3.8) is 0 Å². The minimum absolute atomic E-state index is 0.138. The smallest absolute Gasteiger partial charge is 0.407 e. The Kier molecular flexibility index (Phi) is 4.63. The maximum Gasteiger partial charge on any atom is 0.407 e. The van der Waals surface area contributed by atoms with E-state index in [9.17, 15) is 4.79 Å². The first kappa shape index (κ1) is 11.5. The standard InChI is InChI=1S/C11H15NO3/c13-9-8-12(11(14)15)7-6-10-4-2-1-3-5-10/h1-5,13H,6-9H2,(H,14,15). The van der Waals surface area contributed by atoms with Gasteiger partial charge in [-0.15, -0.1) is 0 Å². The van der Waals surface area contributed by atoms with Crippen molar-refractivity contribution in [2.75, 3.05) is 19.7 Å². The fourth-order valence-corrected chi connectivity index (χ4v) is 1.33. The summed E-state index contributed by atoms with van der Waals surface area (Å²) in [6, 6.07) is 9.68. The highest BCUT2D eigenvalue weighted by atomic mass is 16.4. The van der Waals surface area contributed by atoms with Crippen molar-refractivity contribution in [1.82, 2.24) is 4.90 Å². The minimum Gasteiger partial charge on any atom is -0.465 e. The minimum atomic E-state index is -0.986. The summed E-state index contributed by atoms with van der Waals surface area (Å²) in [6.07, 6.45) is -0.312. The maximum absolute atomic E-state index is 10.7. The molecule has 0 saturated carbocycles. The SMILES string of the molecule is O=C(O)N(CCO)CCc1ccccc1. The quantitative estimate of drug-likeness (QED) is 0.766. The first-order chi connectivity index (χ1) is 7.24. The Bertz CT molecular complexity index is 300. The van der Waals surface area contributed by atoms with Crippen LogP contribution in [0.4, 0.5) is 4.79 Å². The van der Waals surface area contributed by atoms with Crippen molar-refractivity contribution in [3.8, 4) is 0 Å². The Morgan fingerprint density at radius 2 is 1.87 bits per heavy atom. The van der Waals surface area contributed by atoms with Crippen LogP contribution in [0.1, 0.15) is 5.56 Å². The Labute approximate surface area is 88.8 Å². The lowest BCUT2D eigenvalue weighted by Crippen LogP contribution is -2.33. The van der Waals surface area contributed by atoms with E-state index in [1.54, 1.807) is 0 Å². The second-order valence-electron chi connectivity index (χ2n) is 3.23. The Hall–Kier alpha value is -1.55. The molecule has 1 rings (SSSR count). The molecule has 82 valence electrons. The van der Waals surface area contributed by atoms with Crippen LogP contribution in [-0.4, -0.2) is 40.9 Å². The molecule has 0 saturated heterocycles. The topological polar surface area (TPSA) is 60.8 Å². The number of nitrogens with zero attached hydrogens (tertiary/aromatic N) is 1. The molecule has 0 atom stereocenters. The van der Waals surface area contributed by atoms with Crippen molar-refractivity contribution in [1.29, 1.82) is 0 Å². The van der Waals surface area contributed by atoms with Crippen LogP contribution < -0.4 is 0 Å². The van der Waals surface area contributed by atoms with E-state index >= 15 is 0 Å². The molecule has 0 bridgehead atoms. The zero-order chi connectivity index (χ0) is 11.1. The summed E-state index contributed by atoms with van der Waals surface area (Å²) >= 11 is 0. The number of amides is 1. The van der Waals surface area contributed by atoms with E-state index in [2.05, 4.69) is 0 Å². The van der Waals surface area contributed by atoms with Crippen LogP contribution in [0.3, 0.4) is 0 Å². The van der Waals surface area contributed by atoms with Crippen molar-refractivity contribution < 1.29 is 15.0 Å². The summed E-state index contributed by atoms with van der Waals surface area (Å²) in [7, 11) is 0. The third-order valence-electron chi connectivity index (χ3n) is 2.15. The average Bonchev–Trinajstić information content (AvgIpc) is 2.25. The number of hydrogen-bond donors (Lipinski definition) is 2. The second kappa shape index (κ2) is 6.03. The van der Waals surface area contributed by atoms with E-state index < -0.39 is 6.09 Å². The molecule has 0 aliphatic rings. The number of carboxylic acid groups (broad SMARTS) is 1. The summed E-state index contributed by atoms with van der Waals surface area (Å²) in [4.78, 5) is 11.9. The van der Waals surface area contributed by atoms with E-state index in [0.29, 0.717) is 13.0 Å².